The first-order valence-corrected chi connectivity index (χ1v) is 7.50. The standard InChI is InChI=1S/C16H25NO3/c1-11-10-15(13(3)20-11)12(2)17-8-6-14(7-9-17)4-5-16(18)19/h10,12,14H,4-9H2,1-3H3,(H,18,19). The molecule has 1 aromatic heterocycles. The fourth-order valence-corrected chi connectivity index (χ4v) is 3.22. The van der Waals surface area contributed by atoms with Gasteiger partial charge in [-0.3, -0.25) is 9.69 Å². The highest BCUT2D eigenvalue weighted by atomic mass is 16.4. The van der Waals surface area contributed by atoms with Crippen molar-refractivity contribution in [3.63, 3.8) is 0 Å². The van der Waals surface area contributed by atoms with Crippen molar-refractivity contribution in [1.82, 2.24) is 4.90 Å². The van der Waals surface area contributed by atoms with E-state index in [1.165, 1.54) is 5.56 Å². The maximum absolute atomic E-state index is 10.6. The van der Waals surface area contributed by atoms with Crippen LogP contribution in [0.1, 0.15) is 55.7 Å². The molecule has 1 aliphatic heterocycles. The number of hydrogen-bond acceptors (Lipinski definition) is 3. The van der Waals surface area contributed by atoms with E-state index in [1.54, 1.807) is 0 Å². The Labute approximate surface area is 120 Å². The van der Waals surface area contributed by atoms with Gasteiger partial charge in [-0.05, 0) is 65.1 Å². The molecule has 20 heavy (non-hydrogen) atoms. The van der Waals surface area contributed by atoms with Crippen molar-refractivity contribution in [3.05, 3.63) is 23.2 Å². The van der Waals surface area contributed by atoms with Crippen LogP contribution in [0.5, 0.6) is 0 Å². The fraction of sp³-hybridized carbons (Fsp3) is 0.688. The third-order valence-corrected chi connectivity index (χ3v) is 4.49. The van der Waals surface area contributed by atoms with Crippen molar-refractivity contribution in [2.24, 2.45) is 5.92 Å². The minimum atomic E-state index is -0.676. The highest BCUT2D eigenvalue weighted by molar-refractivity contribution is 5.66. The molecule has 0 radical (unpaired) electrons. The van der Waals surface area contributed by atoms with Crippen LogP contribution in [0.3, 0.4) is 0 Å². The maximum atomic E-state index is 10.6. The van der Waals surface area contributed by atoms with E-state index in [0.717, 1.165) is 43.9 Å². The summed E-state index contributed by atoms with van der Waals surface area (Å²) in [5, 5.41) is 8.75. The van der Waals surface area contributed by atoms with Gasteiger partial charge in [0.15, 0.2) is 0 Å². The second-order valence-corrected chi connectivity index (χ2v) is 5.96. The van der Waals surface area contributed by atoms with Gasteiger partial charge in [0.1, 0.15) is 11.5 Å². The summed E-state index contributed by atoms with van der Waals surface area (Å²) in [6.07, 6.45) is 3.34. The summed E-state index contributed by atoms with van der Waals surface area (Å²) < 4.78 is 5.62. The summed E-state index contributed by atoms with van der Waals surface area (Å²) in [6, 6.07) is 2.52. The molecule has 1 aliphatic rings. The maximum Gasteiger partial charge on any atom is 0.303 e. The molecule has 1 saturated heterocycles. The molecule has 1 unspecified atom stereocenters. The number of carboxylic acids is 1. The first kappa shape index (κ1) is 15.1. The van der Waals surface area contributed by atoms with Gasteiger partial charge in [-0.25, -0.2) is 0 Å². The lowest BCUT2D eigenvalue weighted by Gasteiger charge is -2.36. The molecular formula is C16H25NO3. The number of nitrogens with zero attached hydrogens (tertiary/aromatic N) is 1. The van der Waals surface area contributed by atoms with E-state index in [4.69, 9.17) is 9.52 Å². The van der Waals surface area contributed by atoms with E-state index >= 15 is 0 Å². The molecule has 2 heterocycles. The monoisotopic (exact) mass is 279 g/mol. The van der Waals surface area contributed by atoms with Gasteiger partial charge < -0.3 is 9.52 Å². The number of furan rings is 1. The number of rotatable bonds is 5. The lowest BCUT2D eigenvalue weighted by atomic mass is 9.91. The van der Waals surface area contributed by atoms with Crippen LogP contribution in [0, 0.1) is 19.8 Å². The van der Waals surface area contributed by atoms with Crippen molar-refractivity contribution >= 4 is 5.97 Å². The Bertz CT molecular complexity index is 458. The predicted octanol–water partition coefficient (Wildman–Crippen LogP) is 3.53. The van der Waals surface area contributed by atoms with Crippen molar-refractivity contribution in [2.45, 2.75) is 52.5 Å². The molecule has 0 spiro atoms. The minimum absolute atomic E-state index is 0.306. The molecule has 0 aromatic carbocycles. The van der Waals surface area contributed by atoms with Gasteiger partial charge in [0.25, 0.3) is 0 Å². The quantitative estimate of drug-likeness (QED) is 0.895. The summed E-state index contributed by atoms with van der Waals surface area (Å²) in [5.41, 5.74) is 1.28. The Morgan fingerprint density at radius 3 is 2.60 bits per heavy atom. The summed E-state index contributed by atoms with van der Waals surface area (Å²) in [7, 11) is 0. The van der Waals surface area contributed by atoms with Gasteiger partial charge in [-0.1, -0.05) is 0 Å². The number of likely N-dealkylation sites (tertiary alicyclic amines) is 1. The SMILES string of the molecule is Cc1cc(C(C)N2CCC(CCC(=O)O)CC2)c(C)o1. The van der Waals surface area contributed by atoms with Gasteiger partial charge in [0, 0.05) is 18.0 Å². The van der Waals surface area contributed by atoms with E-state index in [0.29, 0.717) is 18.4 Å². The molecule has 1 fully saturated rings. The molecule has 1 atom stereocenters. The van der Waals surface area contributed by atoms with Crippen molar-refractivity contribution in [2.75, 3.05) is 13.1 Å². The number of aryl methyl sites for hydroxylation is 2. The zero-order chi connectivity index (χ0) is 14.7. The molecule has 4 heteroatoms. The molecule has 0 bridgehead atoms. The Hall–Kier alpha value is -1.29. The van der Waals surface area contributed by atoms with Crippen LogP contribution in [0.2, 0.25) is 0 Å². The van der Waals surface area contributed by atoms with Crippen LogP contribution < -0.4 is 0 Å². The Balaban J connectivity index is 1.87. The second kappa shape index (κ2) is 6.44. The van der Waals surface area contributed by atoms with Crippen molar-refractivity contribution in [1.29, 1.82) is 0 Å². The molecule has 1 N–H and O–H groups in total. The topological polar surface area (TPSA) is 53.7 Å². The molecule has 1 aromatic rings. The summed E-state index contributed by atoms with van der Waals surface area (Å²) in [4.78, 5) is 13.1. The van der Waals surface area contributed by atoms with Gasteiger partial charge in [0.2, 0.25) is 0 Å². The second-order valence-electron chi connectivity index (χ2n) is 5.96. The summed E-state index contributed by atoms with van der Waals surface area (Å²) >= 11 is 0. The normalized spacial score (nSPS) is 19.1. The molecule has 0 saturated carbocycles. The number of piperidine rings is 1. The molecule has 0 amide bonds. The first-order chi connectivity index (χ1) is 9.47. The van der Waals surface area contributed by atoms with Crippen molar-refractivity contribution in [3.8, 4) is 0 Å². The van der Waals surface area contributed by atoms with Crippen LogP contribution in [0.25, 0.3) is 0 Å². The number of carbonyl (C=O) groups is 1. The zero-order valence-corrected chi connectivity index (χ0v) is 12.7. The largest absolute Gasteiger partial charge is 0.481 e. The Morgan fingerprint density at radius 2 is 2.10 bits per heavy atom. The molecule has 112 valence electrons. The van der Waals surface area contributed by atoms with Gasteiger partial charge in [-0.15, -0.1) is 0 Å². The minimum Gasteiger partial charge on any atom is -0.481 e. The lowest BCUT2D eigenvalue weighted by molar-refractivity contribution is -0.137. The smallest absolute Gasteiger partial charge is 0.303 e. The highest BCUT2D eigenvalue weighted by Crippen LogP contribution is 2.31. The average Bonchev–Trinajstić information content (AvgIpc) is 2.75. The van der Waals surface area contributed by atoms with Crippen LogP contribution in [-0.2, 0) is 4.79 Å². The number of aliphatic carboxylic acids is 1. The lowest BCUT2D eigenvalue weighted by Crippen LogP contribution is -2.35. The number of hydrogen-bond donors (Lipinski definition) is 1. The molecular weight excluding hydrogens is 254 g/mol. The average molecular weight is 279 g/mol. The van der Waals surface area contributed by atoms with Gasteiger partial charge in [0.05, 0.1) is 0 Å². The van der Waals surface area contributed by atoms with E-state index in [1.807, 2.05) is 13.8 Å². The summed E-state index contributed by atoms with van der Waals surface area (Å²) in [5.74, 6) is 1.88. The molecule has 2 rings (SSSR count). The Kier molecular flexibility index (Phi) is 4.86. The number of carboxylic acid groups (broad SMARTS) is 1. The van der Waals surface area contributed by atoms with Crippen LogP contribution in [0.4, 0.5) is 0 Å². The van der Waals surface area contributed by atoms with Gasteiger partial charge in [-0.2, -0.15) is 0 Å². The third-order valence-electron chi connectivity index (χ3n) is 4.49. The van der Waals surface area contributed by atoms with E-state index in [-0.39, 0.29) is 0 Å². The first-order valence-electron chi connectivity index (χ1n) is 7.50. The zero-order valence-electron chi connectivity index (χ0n) is 12.7. The van der Waals surface area contributed by atoms with Crippen LogP contribution in [-0.4, -0.2) is 29.1 Å². The van der Waals surface area contributed by atoms with Crippen molar-refractivity contribution < 1.29 is 14.3 Å². The molecule has 4 nitrogen and oxygen atoms in total. The van der Waals surface area contributed by atoms with Crippen LogP contribution in [0.15, 0.2) is 10.5 Å². The predicted molar refractivity (Wildman–Crippen MR) is 77.8 cm³/mol. The summed E-state index contributed by atoms with van der Waals surface area (Å²) in [6.45, 7) is 8.35. The fourth-order valence-electron chi connectivity index (χ4n) is 3.22. The highest BCUT2D eigenvalue weighted by Gasteiger charge is 2.25. The Morgan fingerprint density at radius 1 is 1.45 bits per heavy atom. The molecule has 0 aliphatic carbocycles. The van der Waals surface area contributed by atoms with Gasteiger partial charge >= 0.3 is 5.97 Å². The van der Waals surface area contributed by atoms with Crippen LogP contribution >= 0.6 is 0 Å². The van der Waals surface area contributed by atoms with E-state index in [2.05, 4.69) is 17.9 Å². The third kappa shape index (κ3) is 3.63. The van der Waals surface area contributed by atoms with E-state index < -0.39 is 5.97 Å². The van der Waals surface area contributed by atoms with E-state index in [9.17, 15) is 4.79 Å².